The molecule has 2 atom stereocenters. The number of rotatable bonds is 6. The fourth-order valence-corrected chi connectivity index (χ4v) is 4.68. The zero-order chi connectivity index (χ0) is 19.7. The lowest BCUT2D eigenvalue weighted by Gasteiger charge is -2.22. The van der Waals surface area contributed by atoms with Crippen LogP contribution in [0.15, 0.2) is 18.6 Å². The molecule has 0 radical (unpaired) electrons. The van der Waals surface area contributed by atoms with Crippen LogP contribution in [0.25, 0.3) is 0 Å². The Labute approximate surface area is 167 Å². The lowest BCUT2D eigenvalue weighted by molar-refractivity contribution is -0.141. The maximum atomic E-state index is 12.8. The van der Waals surface area contributed by atoms with Crippen molar-refractivity contribution in [2.45, 2.75) is 43.7 Å². The molecule has 2 amide bonds. The van der Waals surface area contributed by atoms with Crippen molar-refractivity contribution in [3.05, 3.63) is 34.0 Å². The van der Waals surface area contributed by atoms with Crippen LogP contribution < -0.4 is 5.32 Å². The molecule has 0 bridgehead atoms. The minimum absolute atomic E-state index is 0.0582. The van der Waals surface area contributed by atoms with Crippen molar-refractivity contribution in [3.8, 4) is 0 Å². The Morgan fingerprint density at radius 1 is 1.32 bits per heavy atom. The molecule has 2 aromatic heterocycles. The average molecular weight is 404 g/mol. The second-order valence-corrected chi connectivity index (χ2v) is 8.56. The van der Waals surface area contributed by atoms with Gasteiger partial charge in [-0.25, -0.2) is 4.98 Å². The number of thiazole rings is 1. The van der Waals surface area contributed by atoms with Crippen molar-refractivity contribution in [1.82, 2.24) is 25.0 Å². The Morgan fingerprint density at radius 3 is 2.79 bits per heavy atom. The number of likely N-dealkylation sites (tertiary alicyclic amines) is 1. The Bertz CT molecular complexity index is 859. The van der Waals surface area contributed by atoms with E-state index in [4.69, 9.17) is 4.74 Å². The summed E-state index contributed by atoms with van der Waals surface area (Å²) in [6.45, 7) is 1.08. The number of amides is 2. The molecule has 150 valence electrons. The normalized spacial score (nSPS) is 20.8. The Hall–Kier alpha value is -2.26. The SMILES string of the molecule is COC(C(=O)N1CC[C@@H](NC(=O)c2cnc(C3CCC3)s2)C1)c1cnn(C)c1. The molecular formula is C19H25N5O3S. The predicted molar refractivity (Wildman–Crippen MR) is 104 cm³/mol. The second-order valence-electron chi connectivity index (χ2n) is 7.50. The van der Waals surface area contributed by atoms with E-state index < -0.39 is 6.10 Å². The largest absolute Gasteiger partial charge is 0.367 e. The van der Waals surface area contributed by atoms with Gasteiger partial charge in [0.15, 0.2) is 6.10 Å². The summed E-state index contributed by atoms with van der Waals surface area (Å²) in [5.41, 5.74) is 0.732. The van der Waals surface area contributed by atoms with Crippen LogP contribution in [0.3, 0.4) is 0 Å². The zero-order valence-electron chi connectivity index (χ0n) is 16.1. The number of methoxy groups -OCH3 is 1. The fourth-order valence-electron chi connectivity index (χ4n) is 3.69. The zero-order valence-corrected chi connectivity index (χ0v) is 16.9. The maximum Gasteiger partial charge on any atom is 0.263 e. The predicted octanol–water partition coefficient (Wildman–Crippen LogP) is 1.86. The number of nitrogens with zero attached hydrogens (tertiary/aromatic N) is 4. The standard InChI is InChI=1S/C19H25N5O3S/c1-23-10-13(8-21-23)16(27-2)19(26)24-7-6-14(11-24)22-17(25)15-9-20-18(28-15)12-4-3-5-12/h8-10,12,14,16H,3-7,11H2,1-2H3,(H,22,25)/t14-,16?/m1/s1. The van der Waals surface area contributed by atoms with Gasteiger partial charge in [0.1, 0.15) is 4.88 Å². The summed E-state index contributed by atoms with van der Waals surface area (Å²) >= 11 is 1.49. The molecule has 1 saturated carbocycles. The van der Waals surface area contributed by atoms with E-state index in [0.717, 1.165) is 17.0 Å². The van der Waals surface area contributed by atoms with Gasteiger partial charge in [-0.3, -0.25) is 14.3 Å². The summed E-state index contributed by atoms with van der Waals surface area (Å²) in [5.74, 6) is 0.333. The van der Waals surface area contributed by atoms with Gasteiger partial charge in [0.25, 0.3) is 11.8 Å². The number of nitrogens with one attached hydrogen (secondary N) is 1. The van der Waals surface area contributed by atoms with E-state index in [0.29, 0.717) is 23.9 Å². The summed E-state index contributed by atoms with van der Waals surface area (Å²) in [6, 6.07) is -0.0582. The van der Waals surface area contributed by atoms with Crippen molar-refractivity contribution in [2.75, 3.05) is 20.2 Å². The number of carbonyl (C=O) groups is 2. The quantitative estimate of drug-likeness (QED) is 0.795. The molecule has 2 aliphatic rings. The van der Waals surface area contributed by atoms with Crippen molar-refractivity contribution >= 4 is 23.2 Å². The van der Waals surface area contributed by atoms with Crippen LogP contribution in [0, 0.1) is 0 Å². The molecule has 9 heteroatoms. The van der Waals surface area contributed by atoms with Crippen molar-refractivity contribution < 1.29 is 14.3 Å². The highest BCUT2D eigenvalue weighted by Gasteiger charge is 2.33. The minimum atomic E-state index is -0.672. The first-order chi connectivity index (χ1) is 13.5. The van der Waals surface area contributed by atoms with Crippen LogP contribution in [0.4, 0.5) is 0 Å². The number of ether oxygens (including phenoxy) is 1. The van der Waals surface area contributed by atoms with Crippen LogP contribution in [-0.2, 0) is 16.6 Å². The van der Waals surface area contributed by atoms with E-state index in [1.54, 1.807) is 35.2 Å². The lowest BCUT2D eigenvalue weighted by atomic mass is 9.86. The molecule has 2 fully saturated rings. The van der Waals surface area contributed by atoms with Gasteiger partial charge >= 0.3 is 0 Å². The van der Waals surface area contributed by atoms with Crippen LogP contribution in [-0.4, -0.2) is 57.7 Å². The third-order valence-corrected chi connectivity index (χ3v) is 6.68. The molecule has 1 aliphatic heterocycles. The summed E-state index contributed by atoms with van der Waals surface area (Å²) in [6.07, 6.45) is 8.76. The van der Waals surface area contributed by atoms with E-state index in [9.17, 15) is 9.59 Å². The first kappa shape index (κ1) is 19.1. The van der Waals surface area contributed by atoms with E-state index in [1.165, 1.54) is 37.7 Å². The molecule has 1 aliphatic carbocycles. The third kappa shape index (κ3) is 3.81. The molecule has 0 aromatic carbocycles. The van der Waals surface area contributed by atoms with Crippen LogP contribution in [0.2, 0.25) is 0 Å². The summed E-state index contributed by atoms with van der Waals surface area (Å²) in [5, 5.41) is 8.23. The second kappa shape index (κ2) is 8.00. The fraction of sp³-hybridized carbons (Fsp3) is 0.579. The van der Waals surface area contributed by atoms with Gasteiger partial charge in [0.2, 0.25) is 0 Å². The molecule has 4 rings (SSSR count). The third-order valence-electron chi connectivity index (χ3n) is 5.52. The van der Waals surface area contributed by atoms with Gasteiger partial charge in [-0.1, -0.05) is 6.42 Å². The van der Waals surface area contributed by atoms with Crippen molar-refractivity contribution in [3.63, 3.8) is 0 Å². The van der Waals surface area contributed by atoms with Gasteiger partial charge in [0.05, 0.1) is 17.4 Å². The first-order valence-electron chi connectivity index (χ1n) is 9.62. The Balaban J connectivity index is 1.33. The van der Waals surface area contributed by atoms with Crippen LogP contribution in [0.1, 0.15) is 57.9 Å². The molecule has 3 heterocycles. The Morgan fingerprint density at radius 2 is 2.14 bits per heavy atom. The Kier molecular flexibility index (Phi) is 5.45. The number of hydrogen-bond donors (Lipinski definition) is 1. The molecule has 1 N–H and O–H groups in total. The highest BCUT2D eigenvalue weighted by Crippen LogP contribution is 2.38. The molecule has 1 saturated heterocycles. The number of hydrogen-bond acceptors (Lipinski definition) is 6. The van der Waals surface area contributed by atoms with E-state index in [-0.39, 0.29) is 17.9 Å². The van der Waals surface area contributed by atoms with E-state index in [2.05, 4.69) is 15.4 Å². The van der Waals surface area contributed by atoms with Crippen LogP contribution in [0.5, 0.6) is 0 Å². The molecule has 0 spiro atoms. The van der Waals surface area contributed by atoms with E-state index >= 15 is 0 Å². The summed E-state index contributed by atoms with van der Waals surface area (Å²) < 4.78 is 7.06. The number of aromatic nitrogens is 3. The number of aryl methyl sites for hydroxylation is 1. The monoisotopic (exact) mass is 403 g/mol. The van der Waals surface area contributed by atoms with Gasteiger partial charge in [-0.15, -0.1) is 11.3 Å². The molecule has 2 aromatic rings. The average Bonchev–Trinajstić information content (AvgIpc) is 3.35. The first-order valence-corrected chi connectivity index (χ1v) is 10.4. The lowest BCUT2D eigenvalue weighted by Crippen LogP contribution is -2.39. The maximum absolute atomic E-state index is 12.8. The van der Waals surface area contributed by atoms with Gasteiger partial charge in [0, 0.05) is 51.0 Å². The van der Waals surface area contributed by atoms with Crippen LogP contribution >= 0.6 is 11.3 Å². The molecule has 1 unspecified atom stereocenters. The van der Waals surface area contributed by atoms with Gasteiger partial charge < -0.3 is 15.0 Å². The highest BCUT2D eigenvalue weighted by atomic mass is 32.1. The van der Waals surface area contributed by atoms with Crippen molar-refractivity contribution in [1.29, 1.82) is 0 Å². The smallest absolute Gasteiger partial charge is 0.263 e. The van der Waals surface area contributed by atoms with Gasteiger partial charge in [-0.2, -0.15) is 5.10 Å². The van der Waals surface area contributed by atoms with Crippen molar-refractivity contribution in [2.24, 2.45) is 7.05 Å². The summed E-state index contributed by atoms with van der Waals surface area (Å²) in [7, 11) is 3.33. The number of carbonyl (C=O) groups excluding carboxylic acids is 2. The minimum Gasteiger partial charge on any atom is -0.367 e. The highest BCUT2D eigenvalue weighted by molar-refractivity contribution is 7.13. The van der Waals surface area contributed by atoms with Gasteiger partial charge in [-0.05, 0) is 19.3 Å². The topological polar surface area (TPSA) is 89.3 Å². The molecule has 28 heavy (non-hydrogen) atoms. The summed E-state index contributed by atoms with van der Waals surface area (Å²) in [4.78, 5) is 32.2. The van der Waals surface area contributed by atoms with E-state index in [1.807, 2.05) is 0 Å². The molecule has 8 nitrogen and oxygen atoms in total. The molecular weight excluding hydrogens is 378 g/mol.